The third-order valence-electron chi connectivity index (χ3n) is 4.33. The number of amides is 2. The lowest BCUT2D eigenvalue weighted by Gasteiger charge is -2.24. The highest BCUT2D eigenvalue weighted by atomic mass is 16.2. The van der Waals surface area contributed by atoms with Crippen molar-refractivity contribution in [2.75, 3.05) is 18.4 Å². The van der Waals surface area contributed by atoms with E-state index >= 15 is 0 Å². The fourth-order valence-electron chi connectivity index (χ4n) is 2.99. The van der Waals surface area contributed by atoms with Gasteiger partial charge in [-0.3, -0.25) is 9.59 Å². The topological polar surface area (TPSA) is 94.0 Å². The van der Waals surface area contributed by atoms with Crippen molar-refractivity contribution in [3.8, 4) is 6.07 Å². The van der Waals surface area contributed by atoms with Crippen LogP contribution in [0.25, 0.3) is 5.57 Å². The van der Waals surface area contributed by atoms with Crippen LogP contribution in [0.3, 0.4) is 0 Å². The zero-order valence-corrected chi connectivity index (χ0v) is 15.5. The average Bonchev–Trinajstić information content (AvgIpc) is 2.70. The molecule has 0 bridgehead atoms. The lowest BCUT2D eigenvalue weighted by Crippen LogP contribution is -2.35. The lowest BCUT2D eigenvalue weighted by molar-refractivity contribution is -0.119. The van der Waals surface area contributed by atoms with Gasteiger partial charge in [-0.25, -0.2) is 0 Å². The lowest BCUT2D eigenvalue weighted by atomic mass is 9.88. The number of hydrogen-bond acceptors (Lipinski definition) is 4. The van der Waals surface area contributed by atoms with Crippen LogP contribution in [0.2, 0.25) is 0 Å². The van der Waals surface area contributed by atoms with Gasteiger partial charge in [0.2, 0.25) is 5.91 Å². The Bertz CT molecular complexity index is 983. The number of nitrogens with one attached hydrogen (secondary N) is 3. The summed E-state index contributed by atoms with van der Waals surface area (Å²) in [6.07, 6.45) is 0. The molecule has 0 saturated carbocycles. The number of carbonyl (C=O) groups is 2. The molecule has 2 amide bonds. The Labute approximate surface area is 163 Å². The minimum atomic E-state index is -0.478. The van der Waals surface area contributed by atoms with E-state index in [4.69, 9.17) is 0 Å². The fourth-order valence-corrected chi connectivity index (χ4v) is 2.99. The average molecular weight is 372 g/mol. The molecule has 6 heteroatoms. The van der Waals surface area contributed by atoms with Crippen LogP contribution in [0, 0.1) is 11.3 Å². The quantitative estimate of drug-likeness (QED) is 0.365. The molecule has 0 spiro atoms. The van der Waals surface area contributed by atoms with E-state index in [1.54, 1.807) is 6.92 Å². The number of fused-ring (bicyclic) bond motifs is 2. The summed E-state index contributed by atoms with van der Waals surface area (Å²) in [4.78, 5) is 24.2. The second kappa shape index (κ2) is 8.23. The van der Waals surface area contributed by atoms with Crippen LogP contribution in [0.4, 0.5) is 11.4 Å². The normalized spacial score (nSPS) is 11.2. The van der Waals surface area contributed by atoms with Gasteiger partial charge in [0.15, 0.2) is 0 Å². The van der Waals surface area contributed by atoms with Crippen molar-refractivity contribution in [3.05, 3.63) is 77.4 Å². The van der Waals surface area contributed by atoms with Gasteiger partial charge in [0.25, 0.3) is 5.91 Å². The van der Waals surface area contributed by atoms with E-state index in [0.29, 0.717) is 11.1 Å². The molecular weight excluding hydrogens is 352 g/mol. The molecule has 140 valence electrons. The van der Waals surface area contributed by atoms with Crippen molar-refractivity contribution in [1.29, 1.82) is 5.26 Å². The van der Waals surface area contributed by atoms with Gasteiger partial charge in [-0.2, -0.15) is 5.26 Å². The summed E-state index contributed by atoms with van der Waals surface area (Å²) in [5.41, 5.74) is 4.29. The van der Waals surface area contributed by atoms with Gasteiger partial charge < -0.3 is 16.0 Å². The van der Waals surface area contributed by atoms with Gasteiger partial charge in [0.1, 0.15) is 11.6 Å². The Kier molecular flexibility index (Phi) is 5.56. The maximum absolute atomic E-state index is 12.7. The number of nitriles is 1. The maximum atomic E-state index is 12.7. The van der Waals surface area contributed by atoms with Crippen LogP contribution in [0.5, 0.6) is 0 Å². The minimum absolute atomic E-state index is 0.0348. The van der Waals surface area contributed by atoms with Crippen LogP contribution in [0.15, 0.2) is 66.3 Å². The molecule has 0 atom stereocenters. The van der Waals surface area contributed by atoms with Crippen LogP contribution in [-0.4, -0.2) is 24.9 Å². The van der Waals surface area contributed by atoms with Crippen molar-refractivity contribution >= 4 is 28.8 Å². The van der Waals surface area contributed by atoms with Crippen LogP contribution < -0.4 is 16.0 Å². The molecule has 1 aliphatic heterocycles. The highest BCUT2D eigenvalue weighted by molar-refractivity contribution is 6.12. The molecule has 28 heavy (non-hydrogen) atoms. The van der Waals surface area contributed by atoms with Crippen molar-refractivity contribution < 1.29 is 9.59 Å². The third kappa shape index (κ3) is 3.79. The first kappa shape index (κ1) is 18.9. The first-order valence-corrected chi connectivity index (χ1v) is 8.85. The molecule has 0 aliphatic carbocycles. The molecule has 0 saturated heterocycles. The monoisotopic (exact) mass is 372 g/mol. The van der Waals surface area contributed by atoms with Gasteiger partial charge >= 0.3 is 0 Å². The van der Waals surface area contributed by atoms with E-state index in [0.717, 1.165) is 22.5 Å². The first-order valence-electron chi connectivity index (χ1n) is 8.85. The van der Waals surface area contributed by atoms with Crippen LogP contribution >= 0.6 is 0 Å². The summed E-state index contributed by atoms with van der Waals surface area (Å²) in [6, 6.07) is 17.2. The summed E-state index contributed by atoms with van der Waals surface area (Å²) in [5, 5.41) is 18.4. The Morgan fingerprint density at radius 2 is 1.46 bits per heavy atom. The summed E-state index contributed by atoms with van der Waals surface area (Å²) in [6.45, 7) is 5.62. The Morgan fingerprint density at radius 3 is 1.96 bits per heavy atom. The smallest absolute Gasteiger partial charge is 0.262 e. The van der Waals surface area contributed by atoms with Gasteiger partial charge in [-0.1, -0.05) is 43.0 Å². The fraction of sp³-hybridized carbons (Fsp3) is 0.136. The molecule has 6 nitrogen and oxygen atoms in total. The molecule has 1 aliphatic rings. The van der Waals surface area contributed by atoms with E-state index in [-0.39, 0.29) is 24.6 Å². The van der Waals surface area contributed by atoms with Crippen molar-refractivity contribution in [2.24, 2.45) is 0 Å². The van der Waals surface area contributed by atoms with E-state index < -0.39 is 5.91 Å². The number of benzene rings is 2. The molecule has 0 fully saturated rings. The minimum Gasteiger partial charge on any atom is -0.355 e. The standard InChI is InChI=1S/C22H20N4O2/c1-14(2)21(27)24-11-12-25-22(28)17(13-23)20-15-7-3-5-9-18(15)26-19-10-6-4-8-16(19)20/h3-10,26H,1,11-12H2,2H3,(H,24,27)(H,25,28). The van der Waals surface area contributed by atoms with Crippen molar-refractivity contribution in [1.82, 2.24) is 10.6 Å². The Morgan fingerprint density at radius 1 is 0.964 bits per heavy atom. The zero-order chi connectivity index (χ0) is 20.1. The Balaban J connectivity index is 1.90. The van der Waals surface area contributed by atoms with Crippen molar-refractivity contribution in [2.45, 2.75) is 6.92 Å². The number of para-hydroxylation sites is 2. The summed E-state index contributed by atoms with van der Waals surface area (Å²) >= 11 is 0. The predicted octanol–water partition coefficient (Wildman–Crippen LogP) is 2.88. The van der Waals surface area contributed by atoms with E-state index in [2.05, 4.69) is 28.6 Å². The second-order valence-electron chi connectivity index (χ2n) is 6.37. The zero-order valence-electron chi connectivity index (χ0n) is 15.5. The number of rotatable bonds is 5. The molecular formula is C22H20N4O2. The van der Waals surface area contributed by atoms with Gasteiger partial charge in [-0.15, -0.1) is 0 Å². The highest BCUT2D eigenvalue weighted by Gasteiger charge is 2.25. The Hall–Kier alpha value is -3.85. The molecule has 0 unspecified atom stereocenters. The number of hydrogen-bond donors (Lipinski definition) is 3. The largest absolute Gasteiger partial charge is 0.355 e. The summed E-state index contributed by atoms with van der Waals surface area (Å²) < 4.78 is 0. The van der Waals surface area contributed by atoms with Crippen LogP contribution in [0.1, 0.15) is 18.1 Å². The number of nitrogens with zero attached hydrogens (tertiary/aromatic N) is 1. The first-order chi connectivity index (χ1) is 13.5. The molecule has 2 aromatic carbocycles. The third-order valence-corrected chi connectivity index (χ3v) is 4.33. The number of carbonyl (C=O) groups excluding carboxylic acids is 2. The highest BCUT2D eigenvalue weighted by Crippen LogP contribution is 2.41. The number of anilines is 2. The predicted molar refractivity (Wildman–Crippen MR) is 109 cm³/mol. The van der Waals surface area contributed by atoms with Crippen molar-refractivity contribution in [3.63, 3.8) is 0 Å². The molecule has 3 N–H and O–H groups in total. The molecule has 0 aromatic heterocycles. The van der Waals surface area contributed by atoms with E-state index in [9.17, 15) is 14.9 Å². The van der Waals surface area contributed by atoms with Crippen LogP contribution in [-0.2, 0) is 9.59 Å². The summed E-state index contributed by atoms with van der Waals surface area (Å²) in [5.74, 6) is -0.747. The van der Waals surface area contributed by atoms with E-state index in [1.807, 2.05) is 48.5 Å². The molecule has 2 aromatic rings. The van der Waals surface area contributed by atoms with Gasteiger partial charge in [0, 0.05) is 46.7 Å². The molecule has 3 rings (SSSR count). The molecule has 1 heterocycles. The van der Waals surface area contributed by atoms with Gasteiger partial charge in [-0.05, 0) is 19.1 Å². The second-order valence-corrected chi connectivity index (χ2v) is 6.37. The maximum Gasteiger partial charge on any atom is 0.262 e. The summed E-state index contributed by atoms with van der Waals surface area (Å²) in [7, 11) is 0. The SMILES string of the molecule is C=C(C)C(=O)NCCNC(=O)C(C#N)=C1c2ccccc2Nc2ccccc21. The van der Waals surface area contributed by atoms with E-state index in [1.165, 1.54) is 0 Å². The molecule has 0 radical (unpaired) electrons. The van der Waals surface area contributed by atoms with Gasteiger partial charge in [0.05, 0.1) is 0 Å².